The van der Waals surface area contributed by atoms with Crippen LogP contribution in [0.25, 0.3) is 0 Å². The number of benzene rings is 1. The molecule has 0 bridgehead atoms. The standard InChI is InChI=1S/C13H21N3O/c1-9-5-6-12(7-10(9)2)16-13(14)15-8-11(3)17-4/h5-7,11H,8H2,1-4H3,(H3,14,15,16)/t11-/m1/s1. The zero-order valence-electron chi connectivity index (χ0n) is 10.9. The monoisotopic (exact) mass is 235 g/mol. The average molecular weight is 235 g/mol. The van der Waals surface area contributed by atoms with Crippen LogP contribution >= 0.6 is 0 Å². The van der Waals surface area contributed by atoms with Crippen LogP contribution in [0.1, 0.15) is 18.1 Å². The molecule has 0 aliphatic rings. The Hall–Kier alpha value is -1.55. The molecule has 0 aromatic heterocycles. The molecule has 1 rings (SSSR count). The van der Waals surface area contributed by atoms with E-state index in [9.17, 15) is 0 Å². The van der Waals surface area contributed by atoms with E-state index in [-0.39, 0.29) is 6.10 Å². The van der Waals surface area contributed by atoms with Gasteiger partial charge in [0.25, 0.3) is 0 Å². The minimum atomic E-state index is 0.0788. The predicted molar refractivity (Wildman–Crippen MR) is 72.5 cm³/mol. The van der Waals surface area contributed by atoms with Gasteiger partial charge in [0, 0.05) is 12.8 Å². The van der Waals surface area contributed by atoms with E-state index in [0.717, 1.165) is 5.69 Å². The number of nitrogens with two attached hydrogens (primary N) is 1. The molecule has 0 saturated carbocycles. The molecule has 0 fully saturated rings. The van der Waals surface area contributed by atoms with E-state index in [2.05, 4.69) is 36.3 Å². The Balaban J connectivity index is 2.61. The Morgan fingerprint density at radius 3 is 2.71 bits per heavy atom. The molecule has 1 atom stereocenters. The molecule has 0 aliphatic heterocycles. The molecule has 94 valence electrons. The van der Waals surface area contributed by atoms with Gasteiger partial charge in [-0.3, -0.25) is 4.99 Å². The van der Waals surface area contributed by atoms with E-state index in [4.69, 9.17) is 10.5 Å². The van der Waals surface area contributed by atoms with E-state index >= 15 is 0 Å². The molecule has 0 unspecified atom stereocenters. The van der Waals surface area contributed by atoms with Crippen LogP contribution in [0.5, 0.6) is 0 Å². The number of aryl methyl sites for hydroxylation is 2. The molecule has 0 aliphatic carbocycles. The van der Waals surface area contributed by atoms with Crippen molar-refractivity contribution in [2.75, 3.05) is 19.0 Å². The van der Waals surface area contributed by atoms with Crippen LogP contribution in [0, 0.1) is 13.8 Å². The van der Waals surface area contributed by atoms with Crippen molar-refractivity contribution < 1.29 is 4.74 Å². The van der Waals surface area contributed by atoms with Gasteiger partial charge in [-0.25, -0.2) is 0 Å². The van der Waals surface area contributed by atoms with Crippen LogP contribution in [-0.2, 0) is 4.74 Å². The SMILES string of the molecule is CO[C@H](C)CN=C(N)Nc1ccc(C)c(C)c1. The van der Waals surface area contributed by atoms with E-state index in [1.54, 1.807) is 7.11 Å². The molecule has 0 heterocycles. The highest BCUT2D eigenvalue weighted by atomic mass is 16.5. The van der Waals surface area contributed by atoms with Crippen LogP contribution in [0.2, 0.25) is 0 Å². The Kier molecular flexibility index (Phi) is 4.97. The number of ether oxygens (including phenoxy) is 1. The molecule has 0 amide bonds. The van der Waals surface area contributed by atoms with Gasteiger partial charge in [0.15, 0.2) is 5.96 Å². The quantitative estimate of drug-likeness (QED) is 0.620. The van der Waals surface area contributed by atoms with Gasteiger partial charge in [-0.15, -0.1) is 0 Å². The average Bonchev–Trinajstić information content (AvgIpc) is 2.31. The third-order valence-electron chi connectivity index (χ3n) is 2.70. The van der Waals surface area contributed by atoms with E-state index in [1.165, 1.54) is 11.1 Å². The second-order valence-corrected chi connectivity index (χ2v) is 4.20. The fourth-order valence-corrected chi connectivity index (χ4v) is 1.31. The van der Waals surface area contributed by atoms with Gasteiger partial charge in [-0.2, -0.15) is 0 Å². The lowest BCUT2D eigenvalue weighted by Crippen LogP contribution is -2.24. The number of anilines is 1. The largest absolute Gasteiger partial charge is 0.380 e. The minimum absolute atomic E-state index is 0.0788. The topological polar surface area (TPSA) is 59.6 Å². The lowest BCUT2D eigenvalue weighted by molar-refractivity contribution is 0.125. The van der Waals surface area contributed by atoms with Gasteiger partial charge in [0.1, 0.15) is 0 Å². The molecule has 4 nitrogen and oxygen atoms in total. The fourth-order valence-electron chi connectivity index (χ4n) is 1.31. The second-order valence-electron chi connectivity index (χ2n) is 4.20. The fraction of sp³-hybridized carbons (Fsp3) is 0.462. The minimum Gasteiger partial charge on any atom is -0.380 e. The third-order valence-corrected chi connectivity index (χ3v) is 2.70. The molecular formula is C13H21N3O. The first kappa shape index (κ1) is 13.5. The smallest absolute Gasteiger partial charge is 0.193 e. The molecule has 1 aromatic rings. The Morgan fingerprint density at radius 1 is 1.41 bits per heavy atom. The van der Waals surface area contributed by atoms with Crippen LogP contribution in [0.4, 0.5) is 5.69 Å². The Morgan fingerprint density at radius 2 is 2.12 bits per heavy atom. The van der Waals surface area contributed by atoms with Crippen LogP contribution < -0.4 is 11.1 Å². The van der Waals surface area contributed by atoms with Crippen molar-refractivity contribution in [2.24, 2.45) is 10.7 Å². The number of hydrogen-bond acceptors (Lipinski definition) is 2. The molecular weight excluding hydrogens is 214 g/mol. The van der Waals surface area contributed by atoms with Crippen molar-refractivity contribution in [1.82, 2.24) is 0 Å². The first-order valence-electron chi connectivity index (χ1n) is 5.70. The van der Waals surface area contributed by atoms with Gasteiger partial charge < -0.3 is 15.8 Å². The number of methoxy groups -OCH3 is 1. The summed E-state index contributed by atoms with van der Waals surface area (Å²) in [5, 5.41) is 3.06. The van der Waals surface area contributed by atoms with Gasteiger partial charge in [0.2, 0.25) is 0 Å². The molecule has 17 heavy (non-hydrogen) atoms. The highest BCUT2D eigenvalue weighted by Gasteiger charge is 2.00. The van der Waals surface area contributed by atoms with Gasteiger partial charge in [-0.05, 0) is 44.0 Å². The number of hydrogen-bond donors (Lipinski definition) is 2. The van der Waals surface area contributed by atoms with Crippen LogP contribution in [0.15, 0.2) is 23.2 Å². The maximum atomic E-state index is 5.78. The van der Waals surface area contributed by atoms with Gasteiger partial charge >= 0.3 is 0 Å². The summed E-state index contributed by atoms with van der Waals surface area (Å²) in [4.78, 5) is 4.20. The summed E-state index contributed by atoms with van der Waals surface area (Å²) in [5.41, 5.74) is 9.23. The van der Waals surface area contributed by atoms with Crippen LogP contribution in [0.3, 0.4) is 0 Å². The van der Waals surface area contributed by atoms with Crippen molar-refractivity contribution in [3.63, 3.8) is 0 Å². The zero-order valence-corrected chi connectivity index (χ0v) is 10.9. The normalized spacial score (nSPS) is 13.5. The summed E-state index contributed by atoms with van der Waals surface area (Å²) in [5.74, 6) is 0.414. The summed E-state index contributed by atoms with van der Waals surface area (Å²) >= 11 is 0. The molecule has 0 spiro atoms. The van der Waals surface area contributed by atoms with E-state index in [0.29, 0.717) is 12.5 Å². The second kappa shape index (κ2) is 6.25. The summed E-state index contributed by atoms with van der Waals surface area (Å²) in [6.07, 6.45) is 0.0788. The van der Waals surface area contributed by atoms with Crippen molar-refractivity contribution in [2.45, 2.75) is 26.9 Å². The van der Waals surface area contributed by atoms with Crippen LogP contribution in [-0.4, -0.2) is 25.7 Å². The van der Waals surface area contributed by atoms with Crippen molar-refractivity contribution in [3.8, 4) is 0 Å². The molecule has 0 saturated heterocycles. The maximum absolute atomic E-state index is 5.78. The molecule has 0 radical (unpaired) electrons. The first-order valence-corrected chi connectivity index (χ1v) is 5.70. The summed E-state index contributed by atoms with van der Waals surface area (Å²) in [6.45, 7) is 6.66. The predicted octanol–water partition coefficient (Wildman–Crippen LogP) is 2.06. The molecule has 4 heteroatoms. The van der Waals surface area contributed by atoms with E-state index in [1.807, 2.05) is 13.0 Å². The van der Waals surface area contributed by atoms with E-state index < -0.39 is 0 Å². The Bertz CT molecular complexity index is 402. The summed E-state index contributed by atoms with van der Waals surface area (Å²) in [6, 6.07) is 6.10. The molecule has 3 N–H and O–H groups in total. The molecule has 1 aromatic carbocycles. The lowest BCUT2D eigenvalue weighted by atomic mass is 10.1. The van der Waals surface area contributed by atoms with Gasteiger partial charge in [-0.1, -0.05) is 6.07 Å². The Labute approximate surface area is 103 Å². The summed E-state index contributed by atoms with van der Waals surface area (Å²) < 4.78 is 5.10. The number of rotatable bonds is 4. The number of guanidine groups is 1. The van der Waals surface area contributed by atoms with Crippen molar-refractivity contribution >= 4 is 11.6 Å². The highest BCUT2D eigenvalue weighted by Crippen LogP contribution is 2.13. The van der Waals surface area contributed by atoms with Crippen molar-refractivity contribution in [1.29, 1.82) is 0 Å². The van der Waals surface area contributed by atoms with Crippen molar-refractivity contribution in [3.05, 3.63) is 29.3 Å². The zero-order chi connectivity index (χ0) is 12.8. The highest BCUT2D eigenvalue weighted by molar-refractivity contribution is 5.92. The van der Waals surface area contributed by atoms with Gasteiger partial charge in [0.05, 0.1) is 12.6 Å². The third kappa shape index (κ3) is 4.44. The maximum Gasteiger partial charge on any atom is 0.193 e. The number of aliphatic imine (C=N–C) groups is 1. The number of nitrogens with one attached hydrogen (secondary N) is 1. The number of nitrogens with zero attached hydrogens (tertiary/aromatic N) is 1. The summed E-state index contributed by atoms with van der Waals surface area (Å²) in [7, 11) is 1.66. The lowest BCUT2D eigenvalue weighted by Gasteiger charge is -2.09. The first-order chi connectivity index (χ1) is 8.02.